The summed E-state index contributed by atoms with van der Waals surface area (Å²) in [6.07, 6.45) is 0. The number of nitrogens with two attached hydrogens (primary N) is 2. The number of rotatable bonds is 4. The molecule has 0 aliphatic rings. The molecule has 0 spiro atoms. The molecule has 0 heterocycles. The van der Waals surface area contributed by atoms with Crippen LogP contribution in [0.5, 0.6) is 11.5 Å². The Morgan fingerprint density at radius 1 is 0.609 bits per heavy atom. The van der Waals surface area contributed by atoms with E-state index in [1.807, 2.05) is 48.5 Å². The van der Waals surface area contributed by atoms with E-state index in [0.717, 1.165) is 22.9 Å². The third-order valence-corrected chi connectivity index (χ3v) is 3.93. The quantitative estimate of drug-likeness (QED) is 0.681. The molecule has 0 aliphatic heterocycles. The maximum Gasteiger partial charge on any atom is 0.127 e. The van der Waals surface area contributed by atoms with Gasteiger partial charge >= 0.3 is 0 Å². The van der Waals surface area contributed by atoms with Gasteiger partial charge in [0.25, 0.3) is 0 Å². The lowest BCUT2D eigenvalue weighted by Crippen LogP contribution is -1.96. The summed E-state index contributed by atoms with van der Waals surface area (Å²) in [4.78, 5) is 0. The molecular weight excluding hydrogens is 284 g/mol. The molecule has 3 nitrogen and oxygen atoms in total. The second-order valence-corrected chi connectivity index (χ2v) is 5.63. The van der Waals surface area contributed by atoms with Crippen LogP contribution in [0.1, 0.15) is 24.0 Å². The lowest BCUT2D eigenvalue weighted by molar-refractivity contribution is 0.482. The average molecular weight is 304 g/mol. The molecule has 0 aliphatic carbocycles. The molecule has 3 aromatic rings. The highest BCUT2D eigenvalue weighted by Crippen LogP contribution is 2.28. The molecule has 1 unspecified atom stereocenters. The molecule has 4 N–H and O–H groups in total. The first kappa shape index (κ1) is 15.0. The highest BCUT2D eigenvalue weighted by molar-refractivity contribution is 5.45. The van der Waals surface area contributed by atoms with Gasteiger partial charge in [0.2, 0.25) is 0 Å². The van der Waals surface area contributed by atoms with Crippen molar-refractivity contribution in [1.29, 1.82) is 0 Å². The van der Waals surface area contributed by atoms with Gasteiger partial charge in [0.1, 0.15) is 11.5 Å². The first-order valence-electron chi connectivity index (χ1n) is 7.60. The van der Waals surface area contributed by atoms with Crippen LogP contribution in [0, 0.1) is 0 Å². The highest BCUT2D eigenvalue weighted by Gasteiger charge is 2.08. The number of nitrogen functional groups attached to an aromatic ring is 2. The van der Waals surface area contributed by atoms with Gasteiger partial charge in [-0.15, -0.1) is 0 Å². The zero-order valence-electron chi connectivity index (χ0n) is 13.1. The number of anilines is 2. The van der Waals surface area contributed by atoms with Crippen molar-refractivity contribution in [2.24, 2.45) is 0 Å². The lowest BCUT2D eigenvalue weighted by Gasteiger charge is -2.14. The summed E-state index contributed by atoms with van der Waals surface area (Å²) >= 11 is 0. The Kier molecular flexibility index (Phi) is 4.20. The highest BCUT2D eigenvalue weighted by atomic mass is 16.5. The molecule has 1 atom stereocenters. The molecule has 0 radical (unpaired) electrons. The van der Waals surface area contributed by atoms with Crippen LogP contribution >= 0.6 is 0 Å². The summed E-state index contributed by atoms with van der Waals surface area (Å²) in [5.74, 6) is 1.89. The SMILES string of the molecule is CC(c1ccc(N)cc1)c1ccc(Oc2ccc(N)cc2)cc1. The van der Waals surface area contributed by atoms with Gasteiger partial charge in [-0.2, -0.15) is 0 Å². The predicted octanol–water partition coefficient (Wildman–Crippen LogP) is 4.80. The summed E-state index contributed by atoms with van der Waals surface area (Å²) in [7, 11) is 0. The molecule has 0 aromatic heterocycles. The molecule has 0 amide bonds. The molecular formula is C20H20N2O. The molecule has 0 saturated heterocycles. The largest absolute Gasteiger partial charge is 0.457 e. The first-order valence-corrected chi connectivity index (χ1v) is 7.60. The molecule has 3 rings (SSSR count). The van der Waals surface area contributed by atoms with E-state index in [0.29, 0.717) is 5.92 Å². The molecule has 23 heavy (non-hydrogen) atoms. The van der Waals surface area contributed by atoms with Gasteiger partial charge < -0.3 is 16.2 Å². The Labute approximate surface area is 136 Å². The third kappa shape index (κ3) is 3.64. The fourth-order valence-corrected chi connectivity index (χ4v) is 2.47. The maximum atomic E-state index is 5.82. The Balaban J connectivity index is 1.73. The van der Waals surface area contributed by atoms with Crippen molar-refractivity contribution in [3.05, 3.63) is 83.9 Å². The first-order chi connectivity index (χ1) is 11.1. The second kappa shape index (κ2) is 6.44. The number of ether oxygens (including phenoxy) is 1. The van der Waals surface area contributed by atoms with E-state index in [1.54, 1.807) is 0 Å². The van der Waals surface area contributed by atoms with E-state index in [1.165, 1.54) is 11.1 Å². The zero-order valence-corrected chi connectivity index (χ0v) is 13.1. The molecule has 116 valence electrons. The van der Waals surface area contributed by atoms with E-state index in [-0.39, 0.29) is 0 Å². The van der Waals surface area contributed by atoms with E-state index in [9.17, 15) is 0 Å². The Bertz CT molecular complexity index is 762. The summed E-state index contributed by atoms with van der Waals surface area (Å²) < 4.78 is 5.82. The van der Waals surface area contributed by atoms with Crippen molar-refractivity contribution in [2.75, 3.05) is 11.5 Å². The van der Waals surface area contributed by atoms with Crippen molar-refractivity contribution in [3.63, 3.8) is 0 Å². The maximum absolute atomic E-state index is 5.82. The van der Waals surface area contributed by atoms with Crippen LogP contribution in [-0.2, 0) is 0 Å². The topological polar surface area (TPSA) is 61.3 Å². The minimum absolute atomic E-state index is 0.307. The van der Waals surface area contributed by atoms with Crippen molar-refractivity contribution < 1.29 is 4.74 Å². The van der Waals surface area contributed by atoms with Crippen molar-refractivity contribution in [3.8, 4) is 11.5 Å². The fourth-order valence-electron chi connectivity index (χ4n) is 2.47. The average Bonchev–Trinajstić information content (AvgIpc) is 2.58. The normalized spacial score (nSPS) is 11.9. The van der Waals surface area contributed by atoms with Crippen LogP contribution < -0.4 is 16.2 Å². The predicted molar refractivity (Wildman–Crippen MR) is 95.7 cm³/mol. The molecule has 0 saturated carbocycles. The lowest BCUT2D eigenvalue weighted by atomic mass is 9.93. The van der Waals surface area contributed by atoms with Gasteiger partial charge in [0.15, 0.2) is 0 Å². The minimum atomic E-state index is 0.307. The zero-order chi connectivity index (χ0) is 16.2. The van der Waals surface area contributed by atoms with Crippen LogP contribution in [-0.4, -0.2) is 0 Å². The van der Waals surface area contributed by atoms with Gasteiger partial charge in [0.05, 0.1) is 0 Å². The Hall–Kier alpha value is -2.94. The van der Waals surface area contributed by atoms with Gasteiger partial charge in [-0.25, -0.2) is 0 Å². The van der Waals surface area contributed by atoms with Crippen molar-refractivity contribution in [2.45, 2.75) is 12.8 Å². The van der Waals surface area contributed by atoms with Gasteiger partial charge in [-0.1, -0.05) is 31.2 Å². The smallest absolute Gasteiger partial charge is 0.127 e. The molecule has 0 fully saturated rings. The molecule has 3 heteroatoms. The van der Waals surface area contributed by atoms with E-state index in [2.05, 4.69) is 31.2 Å². The number of hydrogen-bond donors (Lipinski definition) is 2. The summed E-state index contributed by atoms with van der Waals surface area (Å²) in [5, 5.41) is 0. The number of benzene rings is 3. The van der Waals surface area contributed by atoms with Crippen molar-refractivity contribution in [1.82, 2.24) is 0 Å². The van der Waals surface area contributed by atoms with Crippen LogP contribution in [0.4, 0.5) is 11.4 Å². The van der Waals surface area contributed by atoms with Crippen LogP contribution in [0.3, 0.4) is 0 Å². The summed E-state index contributed by atoms with van der Waals surface area (Å²) in [6.45, 7) is 2.18. The Morgan fingerprint density at radius 3 is 1.43 bits per heavy atom. The summed E-state index contributed by atoms with van der Waals surface area (Å²) in [6, 6.07) is 23.5. The van der Waals surface area contributed by atoms with Crippen LogP contribution in [0.2, 0.25) is 0 Å². The van der Waals surface area contributed by atoms with E-state index in [4.69, 9.17) is 16.2 Å². The van der Waals surface area contributed by atoms with E-state index >= 15 is 0 Å². The van der Waals surface area contributed by atoms with Gasteiger partial charge in [-0.3, -0.25) is 0 Å². The van der Waals surface area contributed by atoms with Crippen LogP contribution in [0.25, 0.3) is 0 Å². The van der Waals surface area contributed by atoms with E-state index < -0.39 is 0 Å². The standard InChI is InChI=1S/C20H20N2O/c1-14(15-2-6-17(21)7-3-15)16-4-10-19(11-5-16)23-20-12-8-18(22)9-13-20/h2-14H,21-22H2,1H3. The second-order valence-electron chi connectivity index (χ2n) is 5.63. The Morgan fingerprint density at radius 2 is 0.957 bits per heavy atom. The molecule has 0 bridgehead atoms. The minimum Gasteiger partial charge on any atom is -0.457 e. The van der Waals surface area contributed by atoms with Gasteiger partial charge in [-0.05, 0) is 59.7 Å². The van der Waals surface area contributed by atoms with Crippen molar-refractivity contribution >= 4 is 11.4 Å². The van der Waals surface area contributed by atoms with Crippen LogP contribution in [0.15, 0.2) is 72.8 Å². The summed E-state index contributed by atoms with van der Waals surface area (Å²) in [5.41, 5.74) is 15.4. The monoisotopic (exact) mass is 304 g/mol. The fraction of sp³-hybridized carbons (Fsp3) is 0.100. The third-order valence-electron chi connectivity index (χ3n) is 3.93. The number of hydrogen-bond acceptors (Lipinski definition) is 3. The molecule has 3 aromatic carbocycles. The van der Waals surface area contributed by atoms with Gasteiger partial charge in [0, 0.05) is 17.3 Å².